The van der Waals surface area contributed by atoms with Crippen LogP contribution in [0.2, 0.25) is 0 Å². The number of nitrogens with one attached hydrogen (secondary N) is 1. The summed E-state index contributed by atoms with van der Waals surface area (Å²) in [5, 5.41) is 13.9. The molecule has 2 aromatic rings. The monoisotopic (exact) mass is 360 g/mol. The van der Waals surface area contributed by atoms with Gasteiger partial charge in [0.25, 0.3) is 5.69 Å². The maximum absolute atomic E-state index is 13.5. The lowest BCUT2D eigenvalue weighted by atomic mass is 9.76. The Labute approximate surface area is 147 Å². The van der Waals surface area contributed by atoms with Gasteiger partial charge in [-0.3, -0.25) is 10.1 Å². The van der Waals surface area contributed by atoms with Crippen LogP contribution in [0.5, 0.6) is 0 Å². The number of halogens is 3. The molecule has 4 nitrogen and oxygen atoms in total. The molecule has 0 radical (unpaired) electrons. The fourth-order valence-electron chi connectivity index (χ4n) is 3.99. The summed E-state index contributed by atoms with van der Waals surface area (Å²) in [6.45, 7) is 0. The predicted molar refractivity (Wildman–Crippen MR) is 90.9 cm³/mol. The average molecular weight is 360 g/mol. The van der Waals surface area contributed by atoms with Crippen LogP contribution in [0.15, 0.2) is 54.6 Å². The molecule has 1 N–H and O–H groups in total. The lowest BCUT2D eigenvalue weighted by molar-refractivity contribution is -0.384. The summed E-state index contributed by atoms with van der Waals surface area (Å²) in [4.78, 5) is 10.4. The molecule has 1 aliphatic heterocycles. The summed E-state index contributed by atoms with van der Waals surface area (Å²) in [6, 6.07) is 9.93. The first kappa shape index (κ1) is 16.6. The lowest BCUT2D eigenvalue weighted by Gasteiger charge is -2.38. The van der Waals surface area contributed by atoms with E-state index in [1.165, 1.54) is 18.2 Å². The number of hydrogen-bond acceptors (Lipinski definition) is 3. The second-order valence-corrected chi connectivity index (χ2v) is 6.59. The van der Waals surface area contributed by atoms with Gasteiger partial charge in [0.15, 0.2) is 0 Å². The summed E-state index contributed by atoms with van der Waals surface area (Å²) in [6.07, 6.45) is 0.246. The highest BCUT2D eigenvalue weighted by Crippen LogP contribution is 2.52. The Morgan fingerprint density at radius 2 is 1.85 bits per heavy atom. The zero-order valence-electron chi connectivity index (χ0n) is 13.5. The van der Waals surface area contributed by atoms with Gasteiger partial charge in [0.05, 0.1) is 22.2 Å². The van der Waals surface area contributed by atoms with Crippen LogP contribution < -0.4 is 5.32 Å². The number of nitro groups is 1. The molecule has 2 aromatic carbocycles. The van der Waals surface area contributed by atoms with Crippen molar-refractivity contribution in [1.29, 1.82) is 0 Å². The summed E-state index contributed by atoms with van der Waals surface area (Å²) in [5.74, 6) is -0.0267. The molecule has 7 heteroatoms. The molecule has 3 atom stereocenters. The van der Waals surface area contributed by atoms with Crippen LogP contribution in [0.3, 0.4) is 0 Å². The minimum atomic E-state index is -4.45. The van der Waals surface area contributed by atoms with Crippen LogP contribution in [0.25, 0.3) is 0 Å². The minimum Gasteiger partial charge on any atom is -0.377 e. The second kappa shape index (κ2) is 5.86. The number of benzene rings is 2. The van der Waals surface area contributed by atoms with Gasteiger partial charge in [0, 0.05) is 18.1 Å². The zero-order chi connectivity index (χ0) is 18.5. The van der Waals surface area contributed by atoms with Crippen molar-refractivity contribution >= 4 is 11.4 Å². The first-order valence-corrected chi connectivity index (χ1v) is 8.24. The van der Waals surface area contributed by atoms with Crippen molar-refractivity contribution in [2.24, 2.45) is 5.92 Å². The first-order valence-electron chi connectivity index (χ1n) is 8.24. The third kappa shape index (κ3) is 2.64. The molecule has 134 valence electrons. The molecule has 26 heavy (non-hydrogen) atoms. The molecular formula is C19H15F3N2O2. The predicted octanol–water partition coefficient (Wildman–Crippen LogP) is 5.44. The van der Waals surface area contributed by atoms with E-state index in [1.807, 2.05) is 12.2 Å². The van der Waals surface area contributed by atoms with E-state index in [0.29, 0.717) is 5.56 Å². The Kier molecular flexibility index (Phi) is 3.75. The fraction of sp³-hybridized carbons (Fsp3) is 0.263. The van der Waals surface area contributed by atoms with Gasteiger partial charge in [-0.2, -0.15) is 13.2 Å². The summed E-state index contributed by atoms with van der Waals surface area (Å²) >= 11 is 0. The zero-order valence-corrected chi connectivity index (χ0v) is 13.5. The normalized spacial score (nSPS) is 23.9. The Bertz CT molecular complexity index is 891. The Balaban J connectivity index is 1.79. The molecule has 4 rings (SSSR count). The number of rotatable bonds is 2. The number of allylic oxidation sites excluding steroid dienone is 2. The molecule has 0 fully saturated rings. The van der Waals surface area contributed by atoms with Crippen LogP contribution in [0.1, 0.15) is 35.1 Å². The summed E-state index contributed by atoms with van der Waals surface area (Å²) in [7, 11) is 0. The molecule has 0 unspecified atom stereocenters. The van der Waals surface area contributed by atoms with Crippen molar-refractivity contribution in [3.63, 3.8) is 0 Å². The van der Waals surface area contributed by atoms with Crippen molar-refractivity contribution in [2.75, 3.05) is 5.32 Å². The van der Waals surface area contributed by atoms with E-state index >= 15 is 0 Å². The number of fused-ring (bicyclic) bond motifs is 3. The van der Waals surface area contributed by atoms with Crippen LogP contribution in [-0.2, 0) is 6.18 Å². The average Bonchev–Trinajstić information content (AvgIpc) is 3.09. The molecule has 1 aliphatic carbocycles. The standard InChI is InChI=1S/C19H15F3N2O2/c20-19(21,22)16-6-2-5-15-13-3-1-4-14(13)17(23-18(15)16)11-7-9-12(10-8-11)24(25)26/h1-3,5-10,13-14,17,23H,4H2/t13-,14-,17+/m0/s1. The molecule has 0 saturated heterocycles. The van der Waals surface area contributed by atoms with Crippen molar-refractivity contribution in [2.45, 2.75) is 24.6 Å². The maximum atomic E-state index is 13.5. The smallest absolute Gasteiger partial charge is 0.377 e. The highest BCUT2D eigenvalue weighted by atomic mass is 19.4. The fourth-order valence-corrected chi connectivity index (χ4v) is 3.99. The maximum Gasteiger partial charge on any atom is 0.418 e. The van der Waals surface area contributed by atoms with Crippen LogP contribution in [0.4, 0.5) is 24.5 Å². The molecule has 0 spiro atoms. The van der Waals surface area contributed by atoms with Gasteiger partial charge in [-0.25, -0.2) is 0 Å². The number of non-ortho nitro benzene ring substituents is 1. The van der Waals surface area contributed by atoms with Gasteiger partial charge in [-0.1, -0.05) is 36.4 Å². The van der Waals surface area contributed by atoms with Gasteiger partial charge in [-0.15, -0.1) is 0 Å². The number of anilines is 1. The third-order valence-electron chi connectivity index (χ3n) is 5.17. The molecule has 1 heterocycles. The molecule has 0 saturated carbocycles. The van der Waals surface area contributed by atoms with Gasteiger partial charge in [-0.05, 0) is 29.5 Å². The molecule has 2 aliphatic rings. The van der Waals surface area contributed by atoms with Gasteiger partial charge >= 0.3 is 6.18 Å². The second-order valence-electron chi connectivity index (χ2n) is 6.59. The van der Waals surface area contributed by atoms with E-state index in [1.54, 1.807) is 18.2 Å². The number of nitro benzene ring substituents is 1. The number of para-hydroxylation sites is 1. The van der Waals surface area contributed by atoms with Crippen LogP contribution in [0, 0.1) is 16.0 Å². The molecule has 0 bridgehead atoms. The van der Waals surface area contributed by atoms with Gasteiger partial charge in [0.1, 0.15) is 0 Å². The Morgan fingerprint density at radius 3 is 2.50 bits per heavy atom. The van der Waals surface area contributed by atoms with E-state index in [0.717, 1.165) is 18.1 Å². The van der Waals surface area contributed by atoms with Crippen molar-refractivity contribution in [1.82, 2.24) is 0 Å². The van der Waals surface area contributed by atoms with E-state index in [4.69, 9.17) is 0 Å². The van der Waals surface area contributed by atoms with Crippen molar-refractivity contribution in [3.05, 3.63) is 81.4 Å². The highest BCUT2D eigenvalue weighted by Gasteiger charge is 2.42. The molecular weight excluding hydrogens is 345 g/mol. The SMILES string of the molecule is O=[N+]([O-])c1ccc([C@H]2Nc3c(cccc3C(F)(F)F)[C@H]3C=CC[C@@H]32)cc1. The highest BCUT2D eigenvalue weighted by molar-refractivity contribution is 5.65. The van der Waals surface area contributed by atoms with Crippen molar-refractivity contribution < 1.29 is 18.1 Å². The number of alkyl halides is 3. The van der Waals surface area contributed by atoms with E-state index < -0.39 is 16.7 Å². The van der Waals surface area contributed by atoms with Gasteiger partial charge < -0.3 is 5.32 Å². The van der Waals surface area contributed by atoms with Crippen LogP contribution >= 0.6 is 0 Å². The lowest BCUT2D eigenvalue weighted by Crippen LogP contribution is -2.30. The van der Waals surface area contributed by atoms with E-state index in [-0.39, 0.29) is 29.3 Å². The first-order chi connectivity index (χ1) is 12.4. The van der Waals surface area contributed by atoms with E-state index in [2.05, 4.69) is 5.32 Å². The van der Waals surface area contributed by atoms with Crippen LogP contribution in [-0.4, -0.2) is 4.92 Å². The largest absolute Gasteiger partial charge is 0.418 e. The Hall–Kier alpha value is -2.83. The summed E-state index contributed by atoms with van der Waals surface area (Å²) < 4.78 is 40.4. The van der Waals surface area contributed by atoms with Gasteiger partial charge in [0.2, 0.25) is 0 Å². The van der Waals surface area contributed by atoms with Crippen molar-refractivity contribution in [3.8, 4) is 0 Å². The third-order valence-corrected chi connectivity index (χ3v) is 5.17. The summed E-state index contributed by atoms with van der Waals surface area (Å²) in [5.41, 5.74) is 0.785. The van der Waals surface area contributed by atoms with E-state index in [9.17, 15) is 23.3 Å². The topological polar surface area (TPSA) is 55.2 Å². The molecule has 0 aromatic heterocycles. The minimum absolute atomic E-state index is 0.0398. The number of nitrogens with zero attached hydrogens (tertiary/aromatic N) is 1. The Morgan fingerprint density at radius 1 is 1.12 bits per heavy atom. The quantitative estimate of drug-likeness (QED) is 0.441. The molecule has 0 amide bonds. The number of hydrogen-bond donors (Lipinski definition) is 1.